The van der Waals surface area contributed by atoms with Gasteiger partial charge in [-0.15, -0.1) is 0 Å². The molecule has 2 aliphatic rings. The second-order valence-electron chi connectivity index (χ2n) is 4.70. The highest BCUT2D eigenvalue weighted by Gasteiger charge is 2.49. The molecule has 0 bridgehead atoms. The summed E-state index contributed by atoms with van der Waals surface area (Å²) in [6.07, 6.45) is 2.86. The molecule has 3 atom stereocenters. The Morgan fingerprint density at radius 3 is 2.88 bits per heavy atom. The Labute approximate surface area is 100 Å². The third kappa shape index (κ3) is 2.60. The SMILES string of the molecule is C=CCOC(=O)N1CCC([C@@H]2C[C@H]2C(=O)O)C1. The minimum absolute atomic E-state index is 0.191. The van der Waals surface area contributed by atoms with Gasteiger partial charge in [-0.2, -0.15) is 0 Å². The Hall–Kier alpha value is -1.52. The number of nitrogens with zero attached hydrogens (tertiary/aromatic N) is 1. The number of carboxylic acid groups (broad SMARTS) is 1. The van der Waals surface area contributed by atoms with Crippen molar-refractivity contribution in [3.8, 4) is 0 Å². The van der Waals surface area contributed by atoms with Crippen LogP contribution in [0.1, 0.15) is 12.8 Å². The van der Waals surface area contributed by atoms with Gasteiger partial charge in [-0.25, -0.2) is 4.79 Å². The van der Waals surface area contributed by atoms with E-state index in [0.29, 0.717) is 19.0 Å². The average molecular weight is 239 g/mol. The van der Waals surface area contributed by atoms with Gasteiger partial charge in [0.2, 0.25) is 0 Å². The van der Waals surface area contributed by atoms with Gasteiger partial charge < -0.3 is 14.7 Å². The van der Waals surface area contributed by atoms with Crippen LogP contribution < -0.4 is 0 Å². The largest absolute Gasteiger partial charge is 0.481 e. The lowest BCUT2D eigenvalue weighted by Gasteiger charge is -2.15. The van der Waals surface area contributed by atoms with Crippen LogP contribution in [0.2, 0.25) is 0 Å². The normalized spacial score (nSPS) is 31.1. The molecule has 1 saturated heterocycles. The first-order valence-electron chi connectivity index (χ1n) is 5.89. The fourth-order valence-electron chi connectivity index (χ4n) is 2.54. The van der Waals surface area contributed by atoms with E-state index >= 15 is 0 Å². The zero-order valence-electron chi connectivity index (χ0n) is 9.67. The van der Waals surface area contributed by atoms with Crippen molar-refractivity contribution in [1.82, 2.24) is 4.90 Å². The molecule has 1 saturated carbocycles. The van der Waals surface area contributed by atoms with Crippen LogP contribution in [0.5, 0.6) is 0 Å². The maximum Gasteiger partial charge on any atom is 0.410 e. The summed E-state index contributed by atoms with van der Waals surface area (Å²) in [5, 5.41) is 8.86. The lowest BCUT2D eigenvalue weighted by molar-refractivity contribution is -0.139. The molecule has 1 heterocycles. The summed E-state index contributed by atoms with van der Waals surface area (Å²) >= 11 is 0. The van der Waals surface area contributed by atoms with E-state index in [1.807, 2.05) is 0 Å². The Morgan fingerprint density at radius 2 is 2.29 bits per heavy atom. The highest BCUT2D eigenvalue weighted by Crippen LogP contribution is 2.47. The highest BCUT2D eigenvalue weighted by molar-refractivity contribution is 5.73. The number of carbonyl (C=O) groups is 2. The van der Waals surface area contributed by atoms with Crippen molar-refractivity contribution in [1.29, 1.82) is 0 Å². The van der Waals surface area contributed by atoms with Crippen LogP contribution in [0, 0.1) is 17.8 Å². The molecule has 0 radical (unpaired) electrons. The van der Waals surface area contributed by atoms with Crippen LogP contribution >= 0.6 is 0 Å². The van der Waals surface area contributed by atoms with E-state index in [1.165, 1.54) is 6.08 Å². The minimum atomic E-state index is -0.706. The number of likely N-dealkylation sites (tertiary alicyclic amines) is 1. The van der Waals surface area contributed by atoms with Crippen molar-refractivity contribution in [3.05, 3.63) is 12.7 Å². The Morgan fingerprint density at radius 1 is 1.53 bits per heavy atom. The topological polar surface area (TPSA) is 66.8 Å². The number of ether oxygens (including phenoxy) is 1. The first-order chi connectivity index (χ1) is 8.13. The predicted octanol–water partition coefficient (Wildman–Crippen LogP) is 1.35. The van der Waals surface area contributed by atoms with Gasteiger partial charge in [0.1, 0.15) is 6.61 Å². The number of hydrogen-bond donors (Lipinski definition) is 1. The molecule has 0 aromatic rings. The van der Waals surface area contributed by atoms with E-state index in [4.69, 9.17) is 9.84 Å². The van der Waals surface area contributed by atoms with Crippen molar-refractivity contribution < 1.29 is 19.4 Å². The van der Waals surface area contributed by atoms with Crippen LogP contribution in [-0.2, 0) is 9.53 Å². The van der Waals surface area contributed by atoms with Crippen LogP contribution in [-0.4, -0.2) is 41.8 Å². The molecule has 2 fully saturated rings. The van der Waals surface area contributed by atoms with Crippen molar-refractivity contribution >= 4 is 12.1 Å². The van der Waals surface area contributed by atoms with E-state index in [2.05, 4.69) is 6.58 Å². The van der Waals surface area contributed by atoms with Crippen LogP contribution in [0.25, 0.3) is 0 Å². The molecule has 94 valence electrons. The average Bonchev–Trinajstić information content (AvgIpc) is 2.97. The Bertz CT molecular complexity index is 341. The third-order valence-corrected chi connectivity index (χ3v) is 3.57. The number of hydrogen-bond acceptors (Lipinski definition) is 3. The quantitative estimate of drug-likeness (QED) is 0.752. The molecular formula is C12H17NO4. The fraction of sp³-hybridized carbons (Fsp3) is 0.667. The minimum Gasteiger partial charge on any atom is -0.481 e. The summed E-state index contributed by atoms with van der Waals surface area (Å²) in [5.41, 5.74) is 0. The third-order valence-electron chi connectivity index (χ3n) is 3.57. The molecule has 1 N–H and O–H groups in total. The summed E-state index contributed by atoms with van der Waals surface area (Å²) in [5.74, 6) is -0.316. The summed E-state index contributed by atoms with van der Waals surface area (Å²) in [4.78, 5) is 24.0. The summed E-state index contributed by atoms with van der Waals surface area (Å²) in [7, 11) is 0. The van der Waals surface area contributed by atoms with Gasteiger partial charge in [0.25, 0.3) is 0 Å². The van der Waals surface area contributed by atoms with Crippen molar-refractivity contribution in [3.63, 3.8) is 0 Å². The van der Waals surface area contributed by atoms with Crippen molar-refractivity contribution in [2.45, 2.75) is 12.8 Å². The van der Waals surface area contributed by atoms with Gasteiger partial charge in [-0.1, -0.05) is 12.7 Å². The van der Waals surface area contributed by atoms with E-state index in [0.717, 1.165) is 12.8 Å². The molecule has 1 unspecified atom stereocenters. The van der Waals surface area contributed by atoms with Gasteiger partial charge in [0.05, 0.1) is 5.92 Å². The van der Waals surface area contributed by atoms with Crippen molar-refractivity contribution in [2.24, 2.45) is 17.8 Å². The maximum atomic E-state index is 11.5. The first-order valence-corrected chi connectivity index (χ1v) is 5.89. The molecule has 1 amide bonds. The lowest BCUT2D eigenvalue weighted by Crippen LogP contribution is -2.29. The van der Waals surface area contributed by atoms with Crippen LogP contribution in [0.15, 0.2) is 12.7 Å². The summed E-state index contributed by atoms with van der Waals surface area (Å²) < 4.78 is 4.95. The van der Waals surface area contributed by atoms with Crippen LogP contribution in [0.4, 0.5) is 4.79 Å². The molecule has 0 aromatic carbocycles. The molecule has 2 rings (SSSR count). The molecule has 1 aliphatic heterocycles. The standard InChI is InChI=1S/C12H17NO4/c1-2-5-17-12(16)13-4-3-8(7-13)9-6-10(9)11(14)15/h2,8-10H,1,3-7H2,(H,14,15)/t8?,9-,10+/m0/s1. The van der Waals surface area contributed by atoms with E-state index in [9.17, 15) is 9.59 Å². The summed E-state index contributed by atoms with van der Waals surface area (Å²) in [6, 6.07) is 0. The Kier molecular flexibility index (Phi) is 3.36. The summed E-state index contributed by atoms with van der Waals surface area (Å²) in [6.45, 7) is 5.00. The van der Waals surface area contributed by atoms with E-state index < -0.39 is 5.97 Å². The predicted molar refractivity (Wildman–Crippen MR) is 60.5 cm³/mol. The van der Waals surface area contributed by atoms with Crippen molar-refractivity contribution in [2.75, 3.05) is 19.7 Å². The zero-order chi connectivity index (χ0) is 12.4. The van der Waals surface area contributed by atoms with Gasteiger partial charge in [0.15, 0.2) is 0 Å². The first kappa shape index (κ1) is 12.0. The number of aliphatic carboxylic acids is 1. The molecule has 0 spiro atoms. The monoisotopic (exact) mass is 239 g/mol. The van der Waals surface area contributed by atoms with Gasteiger partial charge in [-0.3, -0.25) is 4.79 Å². The lowest BCUT2D eigenvalue weighted by atomic mass is 10.0. The molecule has 5 nitrogen and oxygen atoms in total. The molecule has 17 heavy (non-hydrogen) atoms. The van der Waals surface area contributed by atoms with Crippen LogP contribution in [0.3, 0.4) is 0 Å². The molecular weight excluding hydrogens is 222 g/mol. The van der Waals surface area contributed by atoms with E-state index in [1.54, 1.807) is 4.90 Å². The van der Waals surface area contributed by atoms with Gasteiger partial charge in [0, 0.05) is 13.1 Å². The highest BCUT2D eigenvalue weighted by atomic mass is 16.6. The number of amides is 1. The second-order valence-corrected chi connectivity index (χ2v) is 4.70. The van der Waals surface area contributed by atoms with Gasteiger partial charge in [-0.05, 0) is 24.7 Å². The number of carboxylic acids is 1. The Balaban J connectivity index is 1.78. The van der Waals surface area contributed by atoms with Gasteiger partial charge >= 0.3 is 12.1 Å². The maximum absolute atomic E-state index is 11.5. The number of rotatable bonds is 4. The molecule has 1 aliphatic carbocycles. The smallest absolute Gasteiger partial charge is 0.410 e. The second kappa shape index (κ2) is 4.77. The molecule has 5 heteroatoms. The zero-order valence-corrected chi connectivity index (χ0v) is 9.67. The fourth-order valence-corrected chi connectivity index (χ4v) is 2.54. The molecule has 0 aromatic heterocycles. The van der Waals surface area contributed by atoms with E-state index in [-0.39, 0.29) is 24.5 Å². The number of carbonyl (C=O) groups excluding carboxylic acids is 1.